The van der Waals surface area contributed by atoms with Gasteiger partial charge in [-0.15, -0.1) is 0 Å². The zero-order valence-electron chi connectivity index (χ0n) is 15.6. The van der Waals surface area contributed by atoms with Gasteiger partial charge in [0.1, 0.15) is 5.82 Å². The second kappa shape index (κ2) is 12.3. The first-order valence-electron chi connectivity index (χ1n) is 8.87. The molecule has 1 rings (SSSR count). The van der Waals surface area contributed by atoms with E-state index < -0.39 is 0 Å². The Labute approximate surface area is 150 Å². The number of ether oxygens (including phenoxy) is 1. The van der Waals surface area contributed by atoms with E-state index in [1.807, 2.05) is 18.9 Å². The average molecular weight is 351 g/mol. The third-order valence-corrected chi connectivity index (χ3v) is 3.81. The van der Waals surface area contributed by atoms with Crippen molar-refractivity contribution >= 4 is 11.9 Å². The molecule has 25 heavy (non-hydrogen) atoms. The highest BCUT2D eigenvalue weighted by atomic mass is 19.1. The van der Waals surface area contributed by atoms with Crippen LogP contribution < -0.4 is 5.32 Å². The number of aliphatic imine (C=N–C) groups is 1. The third kappa shape index (κ3) is 9.08. The first kappa shape index (κ1) is 20.9. The van der Waals surface area contributed by atoms with Gasteiger partial charge in [-0.1, -0.05) is 25.0 Å². The summed E-state index contributed by atoms with van der Waals surface area (Å²) < 4.78 is 17.6. The summed E-state index contributed by atoms with van der Waals surface area (Å²) in [4.78, 5) is 17.7. The first-order valence-corrected chi connectivity index (χ1v) is 8.87. The van der Waals surface area contributed by atoms with E-state index in [-0.39, 0.29) is 11.8 Å². The summed E-state index contributed by atoms with van der Waals surface area (Å²) in [7, 11) is 3.39. The van der Waals surface area contributed by atoms with Crippen LogP contribution in [0.3, 0.4) is 0 Å². The monoisotopic (exact) mass is 351 g/mol. The second-order valence-electron chi connectivity index (χ2n) is 5.96. The van der Waals surface area contributed by atoms with E-state index >= 15 is 0 Å². The molecule has 5 nitrogen and oxygen atoms in total. The van der Waals surface area contributed by atoms with Gasteiger partial charge in [0.25, 0.3) is 0 Å². The number of nitrogens with one attached hydrogen (secondary N) is 1. The molecule has 0 aromatic heterocycles. The molecular formula is C19H30FN3O2. The molecule has 0 fully saturated rings. The summed E-state index contributed by atoms with van der Waals surface area (Å²) in [6.07, 6.45) is 4.39. The maximum absolute atomic E-state index is 13.0. The van der Waals surface area contributed by atoms with Crippen molar-refractivity contribution in [3.8, 4) is 0 Å². The number of esters is 1. The zero-order chi connectivity index (χ0) is 18.5. The molecular weight excluding hydrogens is 321 g/mol. The smallest absolute Gasteiger partial charge is 0.305 e. The number of methoxy groups -OCH3 is 1. The number of halogens is 1. The van der Waals surface area contributed by atoms with E-state index in [0.29, 0.717) is 13.0 Å². The number of hydrogen-bond donors (Lipinski definition) is 1. The minimum atomic E-state index is -0.223. The Balaban J connectivity index is 2.37. The standard InChI is InChI=1S/C19H30FN3O2/c1-4-21-19(22-14-8-6-5-7-9-18(24)25-3)23(2)15-16-10-12-17(20)13-11-16/h10-13H,4-9,14-15H2,1-3H3,(H,21,22). The van der Waals surface area contributed by atoms with Gasteiger partial charge in [-0.25, -0.2) is 4.39 Å². The summed E-state index contributed by atoms with van der Waals surface area (Å²) in [5.41, 5.74) is 1.04. The molecule has 140 valence electrons. The summed E-state index contributed by atoms with van der Waals surface area (Å²) in [6.45, 7) is 4.25. The van der Waals surface area contributed by atoms with E-state index in [0.717, 1.165) is 50.3 Å². The van der Waals surface area contributed by atoms with Gasteiger partial charge in [0.05, 0.1) is 7.11 Å². The van der Waals surface area contributed by atoms with Gasteiger partial charge in [0, 0.05) is 33.1 Å². The Bertz CT molecular complexity index is 532. The number of carbonyl (C=O) groups excluding carboxylic acids is 1. The second-order valence-corrected chi connectivity index (χ2v) is 5.96. The van der Waals surface area contributed by atoms with Crippen LogP contribution in [0.2, 0.25) is 0 Å². The largest absolute Gasteiger partial charge is 0.469 e. The molecule has 0 amide bonds. The highest BCUT2D eigenvalue weighted by molar-refractivity contribution is 5.79. The van der Waals surface area contributed by atoms with E-state index in [2.05, 4.69) is 15.0 Å². The van der Waals surface area contributed by atoms with Crippen LogP contribution >= 0.6 is 0 Å². The first-order chi connectivity index (χ1) is 12.1. The van der Waals surface area contributed by atoms with E-state index in [1.54, 1.807) is 12.1 Å². The Kier molecular flexibility index (Phi) is 10.3. The predicted molar refractivity (Wildman–Crippen MR) is 98.9 cm³/mol. The molecule has 0 atom stereocenters. The maximum Gasteiger partial charge on any atom is 0.305 e. The van der Waals surface area contributed by atoms with Crippen LogP contribution in [0, 0.1) is 5.82 Å². The zero-order valence-corrected chi connectivity index (χ0v) is 15.6. The average Bonchev–Trinajstić information content (AvgIpc) is 2.61. The Morgan fingerprint density at radius 1 is 1.20 bits per heavy atom. The van der Waals surface area contributed by atoms with E-state index in [4.69, 9.17) is 0 Å². The summed E-state index contributed by atoms with van der Waals surface area (Å²) in [5.74, 6) is 0.482. The highest BCUT2D eigenvalue weighted by Crippen LogP contribution is 2.07. The van der Waals surface area contributed by atoms with Crippen LogP contribution in [0.1, 0.15) is 44.6 Å². The number of carbonyl (C=O) groups is 1. The lowest BCUT2D eigenvalue weighted by molar-refractivity contribution is -0.140. The number of rotatable bonds is 10. The molecule has 0 saturated heterocycles. The van der Waals surface area contributed by atoms with Crippen molar-refractivity contribution in [1.82, 2.24) is 10.2 Å². The number of benzene rings is 1. The number of unbranched alkanes of at least 4 members (excludes halogenated alkanes) is 3. The van der Waals surface area contributed by atoms with Gasteiger partial charge in [-0.3, -0.25) is 9.79 Å². The van der Waals surface area contributed by atoms with Crippen LogP contribution in [0.25, 0.3) is 0 Å². The van der Waals surface area contributed by atoms with Crippen molar-refractivity contribution in [3.05, 3.63) is 35.6 Å². The van der Waals surface area contributed by atoms with Crippen molar-refractivity contribution in [2.45, 2.75) is 45.6 Å². The van der Waals surface area contributed by atoms with Gasteiger partial charge in [0.2, 0.25) is 0 Å². The van der Waals surface area contributed by atoms with Gasteiger partial charge >= 0.3 is 5.97 Å². The van der Waals surface area contributed by atoms with Crippen molar-refractivity contribution in [2.24, 2.45) is 4.99 Å². The van der Waals surface area contributed by atoms with Crippen LogP contribution in [-0.2, 0) is 16.1 Å². The fraction of sp³-hybridized carbons (Fsp3) is 0.579. The van der Waals surface area contributed by atoms with Crippen LogP contribution in [0.5, 0.6) is 0 Å². The van der Waals surface area contributed by atoms with Gasteiger partial charge in [-0.05, 0) is 37.5 Å². The van der Waals surface area contributed by atoms with Crippen molar-refractivity contribution in [2.75, 3.05) is 27.2 Å². The molecule has 0 radical (unpaired) electrons. The van der Waals surface area contributed by atoms with Gasteiger partial charge < -0.3 is 15.0 Å². The van der Waals surface area contributed by atoms with E-state index in [9.17, 15) is 9.18 Å². The molecule has 1 aromatic carbocycles. The minimum Gasteiger partial charge on any atom is -0.469 e. The maximum atomic E-state index is 13.0. The van der Waals surface area contributed by atoms with Crippen molar-refractivity contribution in [3.63, 3.8) is 0 Å². The SMILES string of the molecule is CCNC(=NCCCCCCC(=O)OC)N(C)Cc1ccc(F)cc1. The molecule has 6 heteroatoms. The highest BCUT2D eigenvalue weighted by Gasteiger charge is 2.06. The quantitative estimate of drug-likeness (QED) is 0.304. The fourth-order valence-corrected chi connectivity index (χ4v) is 2.43. The van der Waals surface area contributed by atoms with Crippen LogP contribution in [0.4, 0.5) is 4.39 Å². The summed E-state index contributed by atoms with van der Waals surface area (Å²) in [6, 6.07) is 6.52. The van der Waals surface area contributed by atoms with Crippen LogP contribution in [-0.4, -0.2) is 44.1 Å². The molecule has 0 saturated carbocycles. The van der Waals surface area contributed by atoms with E-state index in [1.165, 1.54) is 19.2 Å². The molecule has 0 bridgehead atoms. The molecule has 1 N–H and O–H groups in total. The summed E-state index contributed by atoms with van der Waals surface area (Å²) >= 11 is 0. The summed E-state index contributed by atoms with van der Waals surface area (Å²) in [5, 5.41) is 3.28. The molecule has 1 aromatic rings. The number of hydrogen-bond acceptors (Lipinski definition) is 3. The lowest BCUT2D eigenvalue weighted by Crippen LogP contribution is -2.38. The Morgan fingerprint density at radius 3 is 2.52 bits per heavy atom. The molecule has 0 unspecified atom stereocenters. The van der Waals surface area contributed by atoms with Crippen LogP contribution in [0.15, 0.2) is 29.3 Å². The van der Waals surface area contributed by atoms with Crippen molar-refractivity contribution < 1.29 is 13.9 Å². The predicted octanol–water partition coefficient (Wildman–Crippen LogP) is 3.35. The van der Waals surface area contributed by atoms with Gasteiger partial charge in [-0.2, -0.15) is 0 Å². The molecule has 0 aliphatic heterocycles. The van der Waals surface area contributed by atoms with Gasteiger partial charge in [0.15, 0.2) is 5.96 Å². The van der Waals surface area contributed by atoms with Crippen molar-refractivity contribution in [1.29, 1.82) is 0 Å². The Hall–Kier alpha value is -2.11. The molecule has 0 heterocycles. The fourth-order valence-electron chi connectivity index (χ4n) is 2.43. The normalized spacial score (nSPS) is 11.3. The molecule has 0 aliphatic carbocycles. The molecule has 0 spiro atoms. The number of nitrogens with zero attached hydrogens (tertiary/aromatic N) is 2. The molecule has 0 aliphatic rings. The lowest BCUT2D eigenvalue weighted by Gasteiger charge is -2.22. The minimum absolute atomic E-state index is 0.144. The topological polar surface area (TPSA) is 53.9 Å². The third-order valence-electron chi connectivity index (χ3n) is 3.81. The lowest BCUT2D eigenvalue weighted by atomic mass is 10.1. The number of guanidine groups is 1. The Morgan fingerprint density at radius 2 is 1.88 bits per heavy atom.